The Morgan fingerprint density at radius 2 is 1.86 bits per heavy atom. The van der Waals surface area contributed by atoms with E-state index < -0.39 is 0 Å². The van der Waals surface area contributed by atoms with Crippen LogP contribution in [0.4, 0.5) is 0 Å². The third kappa shape index (κ3) is 0.899. The van der Waals surface area contributed by atoms with Crippen molar-refractivity contribution in [3.05, 3.63) is 29.9 Å². The molecule has 0 aromatic carbocycles. The lowest BCUT2D eigenvalue weighted by atomic mass is 10.3. The molecule has 0 aromatic heterocycles. The van der Waals surface area contributed by atoms with Gasteiger partial charge in [-0.15, -0.1) is 0 Å². The number of allylic oxidation sites excluding steroid dienone is 5. The summed E-state index contributed by atoms with van der Waals surface area (Å²) in [7, 11) is 3.13. The van der Waals surface area contributed by atoms with Gasteiger partial charge < -0.3 is 0 Å². The van der Waals surface area contributed by atoms with Crippen LogP contribution in [-0.2, 0) is 0 Å². The Balaban J connectivity index is 3.00. The Bertz CT molecular complexity index is 155. The standard InChI is InChI=1S/C6H5P/c7-5-6-3-1-2-4-6/h1-4,7H. The number of hydrogen-bond donors (Lipinski definition) is 0. The first-order chi connectivity index (χ1) is 3.43. The van der Waals surface area contributed by atoms with Crippen molar-refractivity contribution in [2.45, 2.75) is 0 Å². The second kappa shape index (κ2) is 1.93. The van der Waals surface area contributed by atoms with Gasteiger partial charge in [0.25, 0.3) is 0 Å². The average Bonchev–Trinajstić information content (AvgIpc) is 2.14. The Labute approximate surface area is 45.1 Å². The molecular formula is C6H5P. The smallest absolute Gasteiger partial charge is 0.0206 e. The van der Waals surface area contributed by atoms with Gasteiger partial charge in [-0.2, -0.15) is 0 Å². The summed E-state index contributed by atoms with van der Waals surface area (Å²) in [6.45, 7) is 0. The molecule has 0 aliphatic heterocycles. The second-order valence-electron chi connectivity index (χ2n) is 1.30. The van der Waals surface area contributed by atoms with Crippen molar-refractivity contribution in [2.75, 3.05) is 0 Å². The van der Waals surface area contributed by atoms with Gasteiger partial charge in [0.1, 0.15) is 0 Å². The van der Waals surface area contributed by atoms with Gasteiger partial charge in [-0.25, -0.2) is 0 Å². The van der Waals surface area contributed by atoms with Crippen molar-refractivity contribution in [1.29, 1.82) is 0 Å². The molecule has 34 valence electrons. The van der Waals surface area contributed by atoms with Gasteiger partial charge in [-0.3, -0.25) is 0 Å². The van der Waals surface area contributed by atoms with E-state index in [0.29, 0.717) is 0 Å². The molecule has 1 aliphatic rings. The molecule has 1 rings (SSSR count). The fraction of sp³-hybridized carbons (Fsp3) is 0. The van der Waals surface area contributed by atoms with Crippen molar-refractivity contribution in [3.63, 3.8) is 0 Å². The van der Waals surface area contributed by atoms with Crippen molar-refractivity contribution >= 4 is 14.3 Å². The molecule has 0 bridgehead atoms. The third-order valence-electron chi connectivity index (χ3n) is 0.807. The minimum atomic E-state index is 1.09. The summed E-state index contributed by atoms with van der Waals surface area (Å²) in [6.07, 6.45) is 7.91. The fourth-order valence-corrected chi connectivity index (χ4v) is 0.624. The quantitative estimate of drug-likeness (QED) is 0.413. The summed E-state index contributed by atoms with van der Waals surface area (Å²) in [5, 5.41) is 0. The monoisotopic (exact) mass is 108 g/mol. The Morgan fingerprint density at radius 1 is 1.29 bits per heavy atom. The predicted octanol–water partition coefficient (Wildman–Crippen LogP) is 1.58. The van der Waals surface area contributed by atoms with E-state index in [0.717, 1.165) is 5.57 Å². The van der Waals surface area contributed by atoms with E-state index in [2.05, 4.69) is 14.3 Å². The summed E-state index contributed by atoms with van der Waals surface area (Å²) < 4.78 is 0. The first-order valence-corrected chi connectivity index (χ1v) is 2.58. The van der Waals surface area contributed by atoms with Crippen LogP contribution in [-0.4, -0.2) is 5.45 Å². The Kier molecular flexibility index (Phi) is 1.26. The molecule has 0 amide bonds. The van der Waals surface area contributed by atoms with Crippen LogP contribution in [0.2, 0.25) is 0 Å². The first-order valence-electron chi connectivity index (χ1n) is 2.08. The maximum absolute atomic E-state index is 3.13. The zero-order valence-electron chi connectivity index (χ0n) is 3.81. The van der Waals surface area contributed by atoms with Crippen molar-refractivity contribution in [1.82, 2.24) is 0 Å². The van der Waals surface area contributed by atoms with Gasteiger partial charge in [0.2, 0.25) is 0 Å². The third-order valence-corrected chi connectivity index (χ3v) is 1.10. The van der Waals surface area contributed by atoms with Crippen LogP contribution in [0, 0.1) is 0 Å². The molecule has 7 heavy (non-hydrogen) atoms. The summed E-state index contributed by atoms with van der Waals surface area (Å²) in [4.78, 5) is 0. The Morgan fingerprint density at radius 3 is 2.14 bits per heavy atom. The van der Waals surface area contributed by atoms with Gasteiger partial charge in [0.15, 0.2) is 0 Å². The molecule has 0 N–H and O–H groups in total. The minimum Gasteiger partial charge on any atom is -0.0894 e. The summed E-state index contributed by atoms with van der Waals surface area (Å²) in [5.41, 5.74) is 3.91. The van der Waals surface area contributed by atoms with Crippen LogP contribution in [0.25, 0.3) is 0 Å². The molecular weight excluding hydrogens is 103 g/mol. The maximum atomic E-state index is 3.13. The molecule has 0 saturated heterocycles. The van der Waals surface area contributed by atoms with Gasteiger partial charge >= 0.3 is 0 Å². The Hall–Kier alpha value is -0.570. The van der Waals surface area contributed by atoms with Gasteiger partial charge in [-0.05, 0) is 12.2 Å². The fourth-order valence-electron chi connectivity index (χ4n) is 0.457. The highest BCUT2D eigenvalue weighted by molar-refractivity contribution is 7.17. The van der Waals surface area contributed by atoms with E-state index in [-0.39, 0.29) is 0 Å². The minimum absolute atomic E-state index is 1.09. The molecule has 0 saturated carbocycles. The van der Waals surface area contributed by atoms with E-state index >= 15 is 0 Å². The molecule has 0 atom stereocenters. The van der Waals surface area contributed by atoms with E-state index in [1.54, 1.807) is 0 Å². The lowest BCUT2D eigenvalue weighted by Crippen LogP contribution is -1.58. The van der Waals surface area contributed by atoms with E-state index in [1.807, 2.05) is 24.3 Å². The first kappa shape index (κ1) is 4.59. The van der Waals surface area contributed by atoms with Gasteiger partial charge in [0.05, 0.1) is 0 Å². The predicted molar refractivity (Wildman–Crippen MR) is 35.1 cm³/mol. The van der Waals surface area contributed by atoms with E-state index in [4.69, 9.17) is 0 Å². The molecule has 0 spiro atoms. The summed E-state index contributed by atoms with van der Waals surface area (Å²) >= 11 is 0. The molecule has 0 aromatic rings. The zero-order chi connectivity index (χ0) is 5.11. The van der Waals surface area contributed by atoms with Gasteiger partial charge in [-0.1, -0.05) is 26.5 Å². The molecule has 0 fully saturated rings. The van der Waals surface area contributed by atoms with Crippen LogP contribution in [0.3, 0.4) is 0 Å². The topological polar surface area (TPSA) is 0 Å². The molecule has 1 aliphatic carbocycles. The summed E-state index contributed by atoms with van der Waals surface area (Å²) in [6, 6.07) is 0. The molecule has 0 heterocycles. The highest BCUT2D eigenvalue weighted by Gasteiger charge is 1.84. The maximum Gasteiger partial charge on any atom is 0.0206 e. The highest BCUT2D eigenvalue weighted by Crippen LogP contribution is 2.01. The van der Waals surface area contributed by atoms with Crippen LogP contribution in [0.15, 0.2) is 29.9 Å². The lowest BCUT2D eigenvalue weighted by Gasteiger charge is -1.71. The average molecular weight is 108 g/mol. The molecule has 1 heteroatoms. The largest absolute Gasteiger partial charge is 0.0894 e. The normalized spacial score (nSPS) is 15.1. The number of rotatable bonds is 0. The molecule has 0 nitrogen and oxygen atoms in total. The van der Waals surface area contributed by atoms with Crippen LogP contribution >= 0.6 is 8.86 Å². The van der Waals surface area contributed by atoms with Crippen molar-refractivity contribution < 1.29 is 0 Å². The highest BCUT2D eigenvalue weighted by atomic mass is 31.0. The number of hydrogen-bond acceptors (Lipinski definition) is 0. The molecule has 0 unspecified atom stereocenters. The lowest BCUT2D eigenvalue weighted by molar-refractivity contribution is 1.92. The zero-order valence-corrected chi connectivity index (χ0v) is 4.81. The van der Waals surface area contributed by atoms with E-state index in [1.165, 1.54) is 0 Å². The molecule has 0 radical (unpaired) electrons. The van der Waals surface area contributed by atoms with Crippen LogP contribution < -0.4 is 0 Å². The van der Waals surface area contributed by atoms with Crippen LogP contribution in [0.5, 0.6) is 0 Å². The SMILES string of the molecule is P=C=C1C=CC=C1. The van der Waals surface area contributed by atoms with Gasteiger partial charge in [0, 0.05) is 5.57 Å². The second-order valence-corrected chi connectivity index (χ2v) is 1.55. The van der Waals surface area contributed by atoms with Crippen molar-refractivity contribution in [3.8, 4) is 0 Å². The van der Waals surface area contributed by atoms with Crippen molar-refractivity contribution in [2.24, 2.45) is 0 Å². The van der Waals surface area contributed by atoms with E-state index in [9.17, 15) is 0 Å². The van der Waals surface area contributed by atoms with Crippen LogP contribution in [0.1, 0.15) is 0 Å². The summed E-state index contributed by atoms with van der Waals surface area (Å²) in [5.74, 6) is 0.